The van der Waals surface area contributed by atoms with E-state index in [0.29, 0.717) is 17.3 Å². The van der Waals surface area contributed by atoms with Gasteiger partial charge in [0.25, 0.3) is 0 Å². The highest BCUT2D eigenvalue weighted by Gasteiger charge is 2.14. The minimum absolute atomic E-state index is 0.272. The van der Waals surface area contributed by atoms with Crippen LogP contribution in [0, 0.1) is 0 Å². The van der Waals surface area contributed by atoms with Crippen LogP contribution in [0.5, 0.6) is 23.0 Å². The van der Waals surface area contributed by atoms with Gasteiger partial charge in [0.15, 0.2) is 11.5 Å². The van der Waals surface area contributed by atoms with Crippen molar-refractivity contribution < 1.29 is 18.9 Å². The van der Waals surface area contributed by atoms with Gasteiger partial charge in [-0.3, -0.25) is 0 Å². The lowest BCUT2D eigenvalue weighted by atomic mass is 10.1. The van der Waals surface area contributed by atoms with Crippen LogP contribution < -0.4 is 24.3 Å². The number of thiocarbonyl (C=S) groups is 1. The number of ether oxygens (including phenoxy) is 4. The molecule has 120 valence electrons. The van der Waals surface area contributed by atoms with Crippen LogP contribution in [0.1, 0.15) is 11.1 Å². The molecular formula is C17H17NO4S. The molecule has 0 atom stereocenters. The molecule has 2 aromatic carbocycles. The molecule has 0 radical (unpaired) electrons. The van der Waals surface area contributed by atoms with Crippen LogP contribution in [0.15, 0.2) is 36.4 Å². The molecule has 1 aliphatic rings. The van der Waals surface area contributed by atoms with Gasteiger partial charge in [-0.15, -0.1) is 0 Å². The Balaban J connectivity index is 1.70. The van der Waals surface area contributed by atoms with Crippen LogP contribution in [-0.4, -0.2) is 26.0 Å². The Kier molecular flexibility index (Phi) is 4.52. The Morgan fingerprint density at radius 1 is 1.09 bits per heavy atom. The zero-order chi connectivity index (χ0) is 16.2. The maximum atomic E-state index is 5.46. The van der Waals surface area contributed by atoms with Crippen molar-refractivity contribution in [1.29, 1.82) is 0 Å². The zero-order valence-corrected chi connectivity index (χ0v) is 13.7. The largest absolute Gasteiger partial charge is 0.497 e. The van der Waals surface area contributed by atoms with E-state index in [4.69, 9.17) is 31.2 Å². The lowest BCUT2D eigenvalue weighted by Crippen LogP contribution is -2.22. The average molecular weight is 331 g/mol. The van der Waals surface area contributed by atoms with Crippen LogP contribution in [0.4, 0.5) is 0 Å². The predicted octanol–water partition coefficient (Wildman–Crippen LogP) is 2.90. The molecule has 3 rings (SSSR count). The van der Waals surface area contributed by atoms with Crippen LogP contribution in [-0.2, 0) is 6.54 Å². The van der Waals surface area contributed by atoms with E-state index in [0.717, 1.165) is 28.4 Å². The lowest BCUT2D eigenvalue weighted by molar-refractivity contribution is 0.174. The van der Waals surface area contributed by atoms with Crippen molar-refractivity contribution in [3.8, 4) is 23.0 Å². The van der Waals surface area contributed by atoms with E-state index in [1.807, 2.05) is 36.4 Å². The van der Waals surface area contributed by atoms with Gasteiger partial charge in [0.2, 0.25) is 6.79 Å². The van der Waals surface area contributed by atoms with Crippen molar-refractivity contribution in [3.63, 3.8) is 0 Å². The fourth-order valence-electron chi connectivity index (χ4n) is 2.31. The van der Waals surface area contributed by atoms with Gasteiger partial charge in [-0.2, -0.15) is 0 Å². The molecule has 0 bridgehead atoms. The Labute approximate surface area is 140 Å². The summed E-state index contributed by atoms with van der Waals surface area (Å²) in [5, 5.41) is 3.23. The molecule has 0 saturated heterocycles. The second-order valence-electron chi connectivity index (χ2n) is 4.94. The first kappa shape index (κ1) is 15.4. The van der Waals surface area contributed by atoms with E-state index < -0.39 is 0 Å². The fourth-order valence-corrected chi connectivity index (χ4v) is 2.56. The lowest BCUT2D eigenvalue weighted by Gasteiger charge is -2.13. The molecule has 0 fully saturated rings. The Morgan fingerprint density at radius 2 is 1.91 bits per heavy atom. The number of hydrogen-bond acceptors (Lipinski definition) is 5. The van der Waals surface area contributed by atoms with Crippen LogP contribution in [0.2, 0.25) is 0 Å². The summed E-state index contributed by atoms with van der Waals surface area (Å²) in [5.74, 6) is 2.93. The first-order valence-corrected chi connectivity index (χ1v) is 7.51. The number of methoxy groups -OCH3 is 2. The standard InChI is InChI=1S/C17H17NO4S/c1-19-12-4-5-13(15(8-12)20-2)17(23)18-9-11-3-6-14-16(7-11)22-10-21-14/h3-8H,9-10H2,1-2H3,(H,18,23). The zero-order valence-electron chi connectivity index (χ0n) is 12.9. The summed E-state index contributed by atoms with van der Waals surface area (Å²) < 4.78 is 21.3. The minimum atomic E-state index is 0.272. The predicted molar refractivity (Wildman–Crippen MR) is 90.7 cm³/mol. The average Bonchev–Trinajstić information content (AvgIpc) is 3.06. The fraction of sp³-hybridized carbons (Fsp3) is 0.235. The Morgan fingerprint density at radius 3 is 2.70 bits per heavy atom. The molecule has 0 spiro atoms. The molecule has 2 aromatic rings. The summed E-state index contributed by atoms with van der Waals surface area (Å²) >= 11 is 5.46. The molecule has 1 aliphatic heterocycles. The third kappa shape index (κ3) is 3.32. The third-order valence-corrected chi connectivity index (χ3v) is 3.91. The summed E-state index contributed by atoms with van der Waals surface area (Å²) in [4.78, 5) is 0.613. The van der Waals surface area contributed by atoms with E-state index in [1.54, 1.807) is 14.2 Å². The Bertz CT molecular complexity index is 733. The van der Waals surface area contributed by atoms with E-state index in [1.165, 1.54) is 0 Å². The molecule has 1 heterocycles. The number of rotatable bonds is 5. The SMILES string of the molecule is COc1ccc(C(=S)NCc2ccc3c(c2)OCO3)c(OC)c1. The summed E-state index contributed by atoms with van der Waals surface area (Å²) in [6, 6.07) is 11.4. The van der Waals surface area contributed by atoms with Crippen molar-refractivity contribution in [1.82, 2.24) is 5.32 Å². The monoisotopic (exact) mass is 331 g/mol. The molecule has 0 aromatic heterocycles. The van der Waals surface area contributed by atoms with Gasteiger partial charge >= 0.3 is 0 Å². The van der Waals surface area contributed by atoms with Crippen molar-refractivity contribution >= 4 is 17.2 Å². The number of hydrogen-bond donors (Lipinski definition) is 1. The van der Waals surface area contributed by atoms with Gasteiger partial charge in [0, 0.05) is 12.6 Å². The summed E-state index contributed by atoms with van der Waals surface area (Å²) in [6.45, 7) is 0.859. The second kappa shape index (κ2) is 6.75. The highest BCUT2D eigenvalue weighted by molar-refractivity contribution is 7.80. The van der Waals surface area contributed by atoms with Crippen LogP contribution in [0.3, 0.4) is 0 Å². The summed E-state index contributed by atoms with van der Waals surface area (Å²) in [5.41, 5.74) is 1.88. The second-order valence-corrected chi connectivity index (χ2v) is 5.34. The molecule has 5 nitrogen and oxygen atoms in total. The van der Waals surface area contributed by atoms with Gasteiger partial charge in [-0.25, -0.2) is 0 Å². The highest BCUT2D eigenvalue weighted by atomic mass is 32.1. The number of benzene rings is 2. The molecule has 0 amide bonds. The molecule has 6 heteroatoms. The third-order valence-electron chi connectivity index (χ3n) is 3.54. The van der Waals surface area contributed by atoms with Crippen molar-refractivity contribution in [2.45, 2.75) is 6.54 Å². The maximum absolute atomic E-state index is 5.46. The Hall–Kier alpha value is -2.47. The first-order valence-electron chi connectivity index (χ1n) is 7.10. The van der Waals surface area contributed by atoms with Crippen molar-refractivity contribution in [3.05, 3.63) is 47.5 Å². The van der Waals surface area contributed by atoms with Crippen LogP contribution >= 0.6 is 12.2 Å². The quantitative estimate of drug-likeness (QED) is 0.850. The van der Waals surface area contributed by atoms with E-state index in [-0.39, 0.29) is 6.79 Å². The number of nitrogens with one attached hydrogen (secondary N) is 1. The molecule has 0 saturated carbocycles. The van der Waals surface area contributed by atoms with Crippen LogP contribution in [0.25, 0.3) is 0 Å². The molecule has 23 heavy (non-hydrogen) atoms. The summed E-state index contributed by atoms with van der Waals surface area (Å²) in [7, 11) is 3.23. The van der Waals surface area contributed by atoms with Gasteiger partial charge in [-0.05, 0) is 29.8 Å². The first-order chi connectivity index (χ1) is 11.2. The maximum Gasteiger partial charge on any atom is 0.231 e. The molecule has 1 N–H and O–H groups in total. The smallest absolute Gasteiger partial charge is 0.231 e. The topological polar surface area (TPSA) is 49.0 Å². The van der Waals surface area contributed by atoms with E-state index in [9.17, 15) is 0 Å². The van der Waals surface area contributed by atoms with Crippen molar-refractivity contribution in [2.24, 2.45) is 0 Å². The molecular weight excluding hydrogens is 314 g/mol. The van der Waals surface area contributed by atoms with Gasteiger partial charge in [0.1, 0.15) is 16.5 Å². The molecule has 0 aliphatic carbocycles. The minimum Gasteiger partial charge on any atom is -0.497 e. The summed E-state index contributed by atoms with van der Waals surface area (Å²) in [6.07, 6.45) is 0. The van der Waals surface area contributed by atoms with Crippen molar-refractivity contribution in [2.75, 3.05) is 21.0 Å². The van der Waals surface area contributed by atoms with Gasteiger partial charge in [0.05, 0.1) is 19.8 Å². The molecule has 0 unspecified atom stereocenters. The number of fused-ring (bicyclic) bond motifs is 1. The van der Waals surface area contributed by atoms with E-state index >= 15 is 0 Å². The normalized spacial score (nSPS) is 11.9. The van der Waals surface area contributed by atoms with Gasteiger partial charge in [-0.1, -0.05) is 18.3 Å². The highest BCUT2D eigenvalue weighted by Crippen LogP contribution is 2.32. The van der Waals surface area contributed by atoms with Gasteiger partial charge < -0.3 is 24.3 Å². The van der Waals surface area contributed by atoms with E-state index in [2.05, 4.69) is 5.32 Å².